The molecule has 0 N–H and O–H groups in total. The Bertz CT molecular complexity index is 747. The average Bonchev–Trinajstić information content (AvgIpc) is 3.18. The first-order valence-electron chi connectivity index (χ1n) is 6.33. The lowest BCUT2D eigenvalue weighted by atomic mass is 10.1. The molecule has 0 unspecified atom stereocenters. The lowest BCUT2D eigenvalue weighted by Crippen LogP contribution is -1.86. The molecular formula is C17H14O3. The predicted molar refractivity (Wildman–Crippen MR) is 79.1 cm³/mol. The fraction of sp³-hybridized carbons (Fsp3) is 0.118. The van der Waals surface area contributed by atoms with E-state index in [9.17, 15) is 4.79 Å². The smallest absolute Gasteiger partial charge is 0.195 e. The van der Waals surface area contributed by atoms with Crippen molar-refractivity contribution in [3.8, 4) is 33.8 Å². The van der Waals surface area contributed by atoms with Gasteiger partial charge >= 0.3 is 0 Å². The molecule has 100 valence electrons. The molecule has 0 aromatic heterocycles. The first kappa shape index (κ1) is 12.5. The van der Waals surface area contributed by atoms with Crippen molar-refractivity contribution in [1.29, 1.82) is 0 Å². The lowest BCUT2D eigenvalue weighted by Gasteiger charge is -2.03. The molecule has 20 heavy (non-hydrogen) atoms. The van der Waals surface area contributed by atoms with Gasteiger partial charge in [0.15, 0.2) is 5.43 Å². The molecule has 0 aliphatic rings. The molecule has 3 aromatic carbocycles. The zero-order valence-electron chi connectivity index (χ0n) is 11.3. The third kappa shape index (κ3) is 1.97. The summed E-state index contributed by atoms with van der Waals surface area (Å²) in [6.07, 6.45) is 0. The zero-order chi connectivity index (χ0) is 14.1. The quantitative estimate of drug-likeness (QED) is 0.727. The van der Waals surface area contributed by atoms with Crippen molar-refractivity contribution in [3.05, 3.63) is 58.8 Å². The summed E-state index contributed by atoms with van der Waals surface area (Å²) >= 11 is 0. The van der Waals surface area contributed by atoms with Crippen molar-refractivity contribution in [1.82, 2.24) is 0 Å². The molecule has 3 heteroatoms. The number of benzene rings is 2. The van der Waals surface area contributed by atoms with Gasteiger partial charge in [-0.3, -0.25) is 4.79 Å². The summed E-state index contributed by atoms with van der Waals surface area (Å²) in [7, 11) is 3.23. The fourth-order valence-electron chi connectivity index (χ4n) is 2.31. The Labute approximate surface area is 117 Å². The molecule has 0 bridgehead atoms. The second-order valence-electron chi connectivity index (χ2n) is 4.51. The van der Waals surface area contributed by atoms with Crippen molar-refractivity contribution in [2.45, 2.75) is 0 Å². The van der Waals surface area contributed by atoms with Gasteiger partial charge in [0.05, 0.1) is 14.2 Å². The van der Waals surface area contributed by atoms with Crippen molar-refractivity contribution in [3.63, 3.8) is 0 Å². The molecule has 0 aliphatic carbocycles. The highest BCUT2D eigenvalue weighted by molar-refractivity contribution is 5.96. The van der Waals surface area contributed by atoms with Crippen molar-refractivity contribution < 1.29 is 9.47 Å². The van der Waals surface area contributed by atoms with Gasteiger partial charge in [0, 0.05) is 16.7 Å². The minimum absolute atomic E-state index is 0.0830. The third-order valence-electron chi connectivity index (χ3n) is 3.40. The van der Waals surface area contributed by atoms with Crippen LogP contribution in [0.4, 0.5) is 0 Å². The summed E-state index contributed by atoms with van der Waals surface area (Å²) < 4.78 is 10.4. The molecule has 0 heterocycles. The van der Waals surface area contributed by atoms with E-state index in [1.807, 2.05) is 48.5 Å². The van der Waals surface area contributed by atoms with E-state index in [0.717, 1.165) is 33.8 Å². The van der Waals surface area contributed by atoms with Crippen LogP contribution in [-0.4, -0.2) is 14.2 Å². The molecule has 0 saturated heterocycles. The standard InChI is InChI=1S/C17H14O3/c1-19-12-9-7-11(8-10-12)15-16(17(15)18)13-5-3-4-6-14(13)20-2/h3-10H,1-2H3. The monoisotopic (exact) mass is 266 g/mol. The van der Waals surface area contributed by atoms with Gasteiger partial charge in [-0.15, -0.1) is 0 Å². The van der Waals surface area contributed by atoms with Crippen molar-refractivity contribution >= 4 is 0 Å². The predicted octanol–water partition coefficient (Wildman–Crippen LogP) is 3.27. The summed E-state index contributed by atoms with van der Waals surface area (Å²) in [5.74, 6) is 1.50. The first-order valence-corrected chi connectivity index (χ1v) is 6.33. The van der Waals surface area contributed by atoms with Gasteiger partial charge in [0.1, 0.15) is 11.5 Å². The Morgan fingerprint density at radius 3 is 2.15 bits per heavy atom. The van der Waals surface area contributed by atoms with Gasteiger partial charge in [0.25, 0.3) is 0 Å². The maximum absolute atomic E-state index is 12.1. The molecule has 0 saturated carbocycles. The van der Waals surface area contributed by atoms with E-state index >= 15 is 0 Å². The van der Waals surface area contributed by atoms with Gasteiger partial charge in [0.2, 0.25) is 0 Å². The maximum Gasteiger partial charge on any atom is 0.195 e. The molecule has 3 aromatic rings. The lowest BCUT2D eigenvalue weighted by molar-refractivity contribution is 0.415. The van der Waals surface area contributed by atoms with Gasteiger partial charge in [-0.1, -0.05) is 30.3 Å². The van der Waals surface area contributed by atoms with Crippen LogP contribution in [-0.2, 0) is 0 Å². The van der Waals surface area contributed by atoms with Gasteiger partial charge in [-0.2, -0.15) is 0 Å². The van der Waals surface area contributed by atoms with Gasteiger partial charge < -0.3 is 9.47 Å². The van der Waals surface area contributed by atoms with Crippen LogP contribution in [0.3, 0.4) is 0 Å². The number of hydrogen-bond donors (Lipinski definition) is 0. The Hall–Kier alpha value is -2.55. The van der Waals surface area contributed by atoms with Crippen LogP contribution in [0.2, 0.25) is 0 Å². The van der Waals surface area contributed by atoms with Gasteiger partial charge in [-0.25, -0.2) is 0 Å². The second kappa shape index (κ2) is 4.85. The summed E-state index contributed by atoms with van der Waals surface area (Å²) in [6.45, 7) is 0. The Kier molecular flexibility index (Phi) is 3.03. The normalized spacial score (nSPS) is 10.7. The maximum atomic E-state index is 12.1. The van der Waals surface area contributed by atoms with Crippen molar-refractivity contribution in [2.24, 2.45) is 0 Å². The van der Waals surface area contributed by atoms with Crippen LogP contribution in [0.5, 0.6) is 11.5 Å². The van der Waals surface area contributed by atoms with E-state index in [4.69, 9.17) is 9.47 Å². The number of methoxy groups -OCH3 is 2. The highest BCUT2D eigenvalue weighted by Crippen LogP contribution is 2.39. The first-order chi connectivity index (χ1) is 9.76. The summed E-state index contributed by atoms with van der Waals surface area (Å²) in [4.78, 5) is 12.1. The molecule has 3 rings (SSSR count). The van der Waals surface area contributed by atoms with Crippen LogP contribution in [0.15, 0.2) is 53.3 Å². The molecule has 0 fully saturated rings. The van der Waals surface area contributed by atoms with Crippen LogP contribution < -0.4 is 14.9 Å². The highest BCUT2D eigenvalue weighted by atomic mass is 16.5. The Morgan fingerprint density at radius 2 is 1.50 bits per heavy atom. The fourth-order valence-corrected chi connectivity index (χ4v) is 2.31. The van der Waals surface area contributed by atoms with Crippen LogP contribution in [0, 0.1) is 0 Å². The second-order valence-corrected chi connectivity index (χ2v) is 4.51. The van der Waals surface area contributed by atoms with E-state index in [1.165, 1.54) is 0 Å². The Balaban J connectivity index is 2.01. The van der Waals surface area contributed by atoms with Crippen LogP contribution >= 0.6 is 0 Å². The number of hydrogen-bond acceptors (Lipinski definition) is 3. The topological polar surface area (TPSA) is 35.5 Å². The average molecular weight is 266 g/mol. The molecule has 0 spiro atoms. The molecular weight excluding hydrogens is 252 g/mol. The molecule has 0 amide bonds. The van der Waals surface area contributed by atoms with E-state index < -0.39 is 0 Å². The van der Waals surface area contributed by atoms with E-state index in [-0.39, 0.29) is 5.43 Å². The summed E-state index contributed by atoms with van der Waals surface area (Å²) in [5, 5.41) is 0. The van der Waals surface area contributed by atoms with Crippen molar-refractivity contribution in [2.75, 3.05) is 14.2 Å². The third-order valence-corrected chi connectivity index (χ3v) is 3.40. The molecule has 0 aliphatic heterocycles. The van der Waals surface area contributed by atoms with E-state index in [2.05, 4.69) is 0 Å². The SMILES string of the molecule is COc1ccc(-c2c(-c3ccccc3OC)c2=O)cc1. The molecule has 3 nitrogen and oxygen atoms in total. The van der Waals surface area contributed by atoms with E-state index in [0.29, 0.717) is 0 Å². The van der Waals surface area contributed by atoms with Crippen LogP contribution in [0.1, 0.15) is 0 Å². The Morgan fingerprint density at radius 1 is 0.800 bits per heavy atom. The molecule has 0 radical (unpaired) electrons. The zero-order valence-corrected chi connectivity index (χ0v) is 11.3. The number of ether oxygens (including phenoxy) is 2. The highest BCUT2D eigenvalue weighted by Gasteiger charge is 2.27. The minimum Gasteiger partial charge on any atom is -0.497 e. The summed E-state index contributed by atoms with van der Waals surface area (Å²) in [6, 6.07) is 15.1. The van der Waals surface area contributed by atoms with Crippen LogP contribution in [0.25, 0.3) is 22.3 Å². The largest absolute Gasteiger partial charge is 0.497 e. The van der Waals surface area contributed by atoms with E-state index in [1.54, 1.807) is 14.2 Å². The number of para-hydroxylation sites is 1. The number of rotatable bonds is 4. The van der Waals surface area contributed by atoms with Gasteiger partial charge in [-0.05, 0) is 23.8 Å². The molecule has 0 atom stereocenters. The summed E-state index contributed by atoms with van der Waals surface area (Å²) in [5.41, 5.74) is 3.35. The minimum atomic E-state index is 0.0830.